The number of hydrogen-bond donors (Lipinski definition) is 0. The third-order valence-corrected chi connectivity index (χ3v) is 4.15. The molecule has 0 unspecified atom stereocenters. The zero-order chi connectivity index (χ0) is 16.5. The molecular formula is C15H10F3NO2S. The Labute approximate surface area is 125 Å². The lowest BCUT2D eigenvalue weighted by Crippen LogP contribution is -2.05. The zero-order valence-corrected chi connectivity index (χ0v) is 12.2. The Morgan fingerprint density at radius 1 is 1.09 bits per heavy atom. The predicted molar refractivity (Wildman–Crippen MR) is 74.7 cm³/mol. The van der Waals surface area contributed by atoms with Crippen molar-refractivity contribution in [2.45, 2.75) is 11.1 Å². The highest BCUT2D eigenvalue weighted by molar-refractivity contribution is 7.90. The van der Waals surface area contributed by atoms with Crippen LogP contribution in [0.4, 0.5) is 13.2 Å². The molecule has 0 fully saturated rings. The molecule has 0 saturated carbocycles. The molecule has 0 atom stereocenters. The highest BCUT2D eigenvalue weighted by Crippen LogP contribution is 2.34. The van der Waals surface area contributed by atoms with Gasteiger partial charge in [-0.05, 0) is 35.9 Å². The van der Waals surface area contributed by atoms with Crippen LogP contribution in [0.25, 0.3) is 11.1 Å². The van der Waals surface area contributed by atoms with Gasteiger partial charge in [-0.2, -0.15) is 18.4 Å². The molecule has 0 aliphatic carbocycles. The molecule has 0 aliphatic heterocycles. The van der Waals surface area contributed by atoms with Gasteiger partial charge in [0.1, 0.15) is 0 Å². The lowest BCUT2D eigenvalue weighted by atomic mass is 9.98. The lowest BCUT2D eigenvalue weighted by Gasteiger charge is -2.11. The molecule has 0 radical (unpaired) electrons. The number of benzene rings is 2. The maximum atomic E-state index is 12.8. The summed E-state index contributed by atoms with van der Waals surface area (Å²) < 4.78 is 61.5. The zero-order valence-electron chi connectivity index (χ0n) is 11.3. The maximum absolute atomic E-state index is 12.8. The van der Waals surface area contributed by atoms with Crippen LogP contribution in [-0.4, -0.2) is 14.7 Å². The van der Waals surface area contributed by atoms with Gasteiger partial charge in [-0.25, -0.2) is 8.42 Å². The Morgan fingerprint density at radius 2 is 1.77 bits per heavy atom. The Bertz CT molecular complexity index is 865. The molecule has 2 aromatic carbocycles. The minimum absolute atomic E-state index is 0.0219. The van der Waals surface area contributed by atoms with Crippen LogP contribution in [0.5, 0.6) is 0 Å². The van der Waals surface area contributed by atoms with Crippen LogP contribution >= 0.6 is 0 Å². The lowest BCUT2D eigenvalue weighted by molar-refractivity contribution is -0.137. The van der Waals surface area contributed by atoms with Crippen molar-refractivity contribution in [1.82, 2.24) is 0 Å². The van der Waals surface area contributed by atoms with Crippen LogP contribution in [0.2, 0.25) is 0 Å². The number of halogens is 3. The summed E-state index contributed by atoms with van der Waals surface area (Å²) in [5.41, 5.74) is -0.571. The summed E-state index contributed by atoms with van der Waals surface area (Å²) in [6.07, 6.45) is -3.54. The summed E-state index contributed by atoms with van der Waals surface area (Å²) in [5, 5.41) is 9.05. The van der Waals surface area contributed by atoms with Crippen molar-refractivity contribution in [3.05, 3.63) is 53.6 Å². The fraction of sp³-hybridized carbons (Fsp3) is 0.133. The van der Waals surface area contributed by atoms with E-state index < -0.39 is 21.6 Å². The van der Waals surface area contributed by atoms with Crippen LogP contribution < -0.4 is 0 Å². The highest BCUT2D eigenvalue weighted by atomic mass is 32.2. The van der Waals surface area contributed by atoms with E-state index in [1.807, 2.05) is 6.07 Å². The van der Waals surface area contributed by atoms with Gasteiger partial charge in [-0.15, -0.1) is 0 Å². The van der Waals surface area contributed by atoms with Crippen LogP contribution in [-0.2, 0) is 16.0 Å². The average molecular weight is 325 g/mol. The van der Waals surface area contributed by atoms with Gasteiger partial charge in [0.25, 0.3) is 0 Å². The molecule has 2 rings (SSSR count). The first kappa shape index (κ1) is 16.0. The van der Waals surface area contributed by atoms with Crippen LogP contribution in [0.15, 0.2) is 47.4 Å². The number of nitriles is 1. The van der Waals surface area contributed by atoms with Crippen LogP contribution in [0.3, 0.4) is 0 Å². The molecule has 0 N–H and O–H groups in total. The first-order valence-corrected chi connectivity index (χ1v) is 7.94. The fourth-order valence-electron chi connectivity index (χ4n) is 1.95. The monoisotopic (exact) mass is 325 g/mol. The first-order valence-electron chi connectivity index (χ1n) is 6.05. The Morgan fingerprint density at radius 3 is 2.32 bits per heavy atom. The van der Waals surface area contributed by atoms with Crippen molar-refractivity contribution < 1.29 is 21.6 Å². The Kier molecular flexibility index (Phi) is 3.98. The van der Waals surface area contributed by atoms with Crippen LogP contribution in [0, 0.1) is 11.3 Å². The molecular weight excluding hydrogens is 315 g/mol. The van der Waals surface area contributed by atoms with Gasteiger partial charge in [-0.1, -0.05) is 12.1 Å². The number of hydrogen-bond acceptors (Lipinski definition) is 3. The fourth-order valence-corrected chi connectivity index (χ4v) is 2.62. The molecule has 3 nitrogen and oxygen atoms in total. The standard InChI is InChI=1S/C15H10F3NO2S/c1-22(20,21)13-4-2-3-10(7-13)14-8-12(15(16,17)18)6-5-11(14)9-19/h2-8H,1H3. The van der Waals surface area contributed by atoms with E-state index in [0.717, 1.165) is 24.5 Å². The van der Waals surface area contributed by atoms with E-state index in [9.17, 15) is 21.6 Å². The van der Waals surface area contributed by atoms with Crippen LogP contribution in [0.1, 0.15) is 11.1 Å². The molecule has 2 aromatic rings. The third kappa shape index (κ3) is 3.28. The van der Waals surface area contributed by atoms with Crippen molar-refractivity contribution in [2.24, 2.45) is 0 Å². The number of sulfone groups is 1. The maximum Gasteiger partial charge on any atom is 0.416 e. The molecule has 114 valence electrons. The van der Waals surface area contributed by atoms with Gasteiger partial charge in [0.15, 0.2) is 9.84 Å². The van der Waals surface area contributed by atoms with Gasteiger partial charge >= 0.3 is 6.18 Å². The van der Waals surface area contributed by atoms with Gasteiger partial charge in [0, 0.05) is 11.8 Å². The summed E-state index contributed by atoms with van der Waals surface area (Å²) in [4.78, 5) is -0.0219. The Balaban J connectivity index is 2.69. The smallest absolute Gasteiger partial charge is 0.224 e. The van der Waals surface area contributed by atoms with E-state index in [-0.39, 0.29) is 21.6 Å². The number of rotatable bonds is 2. The van der Waals surface area contributed by atoms with Crippen molar-refractivity contribution >= 4 is 9.84 Å². The van der Waals surface area contributed by atoms with E-state index in [1.54, 1.807) is 0 Å². The molecule has 0 spiro atoms. The third-order valence-electron chi connectivity index (χ3n) is 3.04. The average Bonchev–Trinajstić information content (AvgIpc) is 2.45. The summed E-state index contributed by atoms with van der Waals surface area (Å²) in [6.45, 7) is 0. The van der Waals surface area contributed by atoms with Gasteiger partial charge in [0.2, 0.25) is 0 Å². The van der Waals surface area contributed by atoms with Gasteiger partial charge in [-0.3, -0.25) is 0 Å². The molecule has 0 saturated heterocycles. The first-order chi connectivity index (χ1) is 10.1. The van der Waals surface area contributed by atoms with Gasteiger partial charge in [0.05, 0.1) is 22.1 Å². The van der Waals surface area contributed by atoms with E-state index in [2.05, 4.69) is 0 Å². The summed E-state index contributed by atoms with van der Waals surface area (Å²) in [5.74, 6) is 0. The molecule has 0 amide bonds. The highest BCUT2D eigenvalue weighted by Gasteiger charge is 2.31. The second-order valence-electron chi connectivity index (χ2n) is 4.67. The SMILES string of the molecule is CS(=O)(=O)c1cccc(-c2cc(C(F)(F)F)ccc2C#N)c1. The number of alkyl halides is 3. The second-order valence-corrected chi connectivity index (χ2v) is 6.69. The topological polar surface area (TPSA) is 57.9 Å². The molecule has 0 bridgehead atoms. The normalized spacial score (nSPS) is 12.0. The number of nitrogens with zero attached hydrogens (tertiary/aromatic N) is 1. The molecule has 0 aromatic heterocycles. The minimum Gasteiger partial charge on any atom is -0.224 e. The molecule has 0 heterocycles. The largest absolute Gasteiger partial charge is 0.416 e. The minimum atomic E-state index is -4.54. The van der Waals surface area contributed by atoms with E-state index >= 15 is 0 Å². The molecule has 7 heteroatoms. The Hall–Kier alpha value is -2.33. The van der Waals surface area contributed by atoms with Crippen molar-refractivity contribution in [2.75, 3.05) is 6.26 Å². The molecule has 22 heavy (non-hydrogen) atoms. The quantitative estimate of drug-likeness (QED) is 0.847. The van der Waals surface area contributed by atoms with Gasteiger partial charge < -0.3 is 0 Å². The summed E-state index contributed by atoms with van der Waals surface area (Å²) >= 11 is 0. The summed E-state index contributed by atoms with van der Waals surface area (Å²) in [7, 11) is -3.50. The summed E-state index contributed by atoms with van der Waals surface area (Å²) in [6, 6.07) is 10.0. The van der Waals surface area contributed by atoms with E-state index in [0.29, 0.717) is 0 Å². The van der Waals surface area contributed by atoms with E-state index in [4.69, 9.17) is 5.26 Å². The molecule has 0 aliphatic rings. The van der Waals surface area contributed by atoms with Crippen molar-refractivity contribution in [1.29, 1.82) is 5.26 Å². The van der Waals surface area contributed by atoms with Crippen molar-refractivity contribution in [3.63, 3.8) is 0 Å². The second kappa shape index (κ2) is 5.46. The van der Waals surface area contributed by atoms with Crippen molar-refractivity contribution in [3.8, 4) is 17.2 Å². The predicted octanol–water partition coefficient (Wildman–Crippen LogP) is 3.65. The van der Waals surface area contributed by atoms with E-state index in [1.165, 1.54) is 24.3 Å².